The molecule has 0 bridgehead atoms. The van der Waals surface area contributed by atoms with E-state index in [0.29, 0.717) is 6.04 Å². The monoisotopic (exact) mass is 239 g/mol. The molecule has 0 amide bonds. The molecule has 1 aliphatic rings. The zero-order valence-electron chi connectivity index (χ0n) is 11.7. The van der Waals surface area contributed by atoms with Crippen LogP contribution in [0.1, 0.15) is 47.5 Å². The topological polar surface area (TPSA) is 40.5 Å². The third-order valence-corrected chi connectivity index (χ3v) is 2.62. The number of carbonyl (C=O) groups is 1. The Labute approximate surface area is 105 Å². The fourth-order valence-electron chi connectivity index (χ4n) is 2.14. The van der Waals surface area contributed by atoms with Crippen LogP contribution in [0.5, 0.6) is 0 Å². The average Bonchev–Trinajstić information content (AvgIpc) is 2.16. The lowest BCUT2D eigenvalue weighted by atomic mass is 9.99. The maximum absolute atomic E-state index is 9.00. The molecule has 0 aliphatic carbocycles. The van der Waals surface area contributed by atoms with E-state index >= 15 is 0 Å². The number of rotatable bonds is 3. The number of hydrogen-bond acceptors (Lipinski definition) is 2. The maximum atomic E-state index is 9.00. The van der Waals surface area contributed by atoms with Crippen LogP contribution in [0.15, 0.2) is 23.4 Å². The van der Waals surface area contributed by atoms with Crippen LogP contribution in [0.25, 0.3) is 0 Å². The molecule has 1 atom stereocenters. The lowest BCUT2D eigenvalue weighted by Crippen LogP contribution is -2.34. The molecule has 98 valence electrons. The minimum atomic E-state index is -0.833. The smallest absolute Gasteiger partial charge is 0.300 e. The number of nitrogens with zero attached hydrogens (tertiary/aromatic N) is 1. The Morgan fingerprint density at radius 2 is 1.94 bits per heavy atom. The highest BCUT2D eigenvalue weighted by Crippen LogP contribution is 2.22. The minimum Gasteiger partial charge on any atom is -0.481 e. The van der Waals surface area contributed by atoms with Gasteiger partial charge in [0.2, 0.25) is 0 Å². The van der Waals surface area contributed by atoms with Crippen molar-refractivity contribution in [1.29, 1.82) is 0 Å². The highest BCUT2D eigenvalue weighted by atomic mass is 16.4. The van der Waals surface area contributed by atoms with Crippen molar-refractivity contribution in [3.8, 4) is 0 Å². The van der Waals surface area contributed by atoms with Crippen molar-refractivity contribution in [3.63, 3.8) is 0 Å². The second-order valence-electron chi connectivity index (χ2n) is 4.44. The summed E-state index contributed by atoms with van der Waals surface area (Å²) in [6.45, 7) is 11.2. The van der Waals surface area contributed by atoms with Gasteiger partial charge in [-0.1, -0.05) is 25.5 Å². The predicted octanol–water partition coefficient (Wildman–Crippen LogP) is 3.43. The van der Waals surface area contributed by atoms with E-state index in [1.54, 1.807) is 0 Å². The molecular formula is C14H25NO2. The summed E-state index contributed by atoms with van der Waals surface area (Å²) in [5, 5.41) is 7.42. The maximum Gasteiger partial charge on any atom is 0.300 e. The molecule has 0 aromatic carbocycles. The van der Waals surface area contributed by atoms with E-state index in [2.05, 4.69) is 44.9 Å². The van der Waals surface area contributed by atoms with E-state index < -0.39 is 5.97 Å². The average molecular weight is 239 g/mol. The summed E-state index contributed by atoms with van der Waals surface area (Å²) in [5.74, 6) is -0.833. The molecule has 0 saturated heterocycles. The third-order valence-electron chi connectivity index (χ3n) is 2.62. The van der Waals surface area contributed by atoms with Gasteiger partial charge in [0.1, 0.15) is 0 Å². The number of carboxylic acids is 1. The fourth-order valence-corrected chi connectivity index (χ4v) is 2.14. The highest BCUT2D eigenvalue weighted by molar-refractivity contribution is 5.62. The van der Waals surface area contributed by atoms with Crippen molar-refractivity contribution in [2.75, 3.05) is 6.54 Å². The molecular weight excluding hydrogens is 214 g/mol. The summed E-state index contributed by atoms with van der Waals surface area (Å²) in [4.78, 5) is 11.5. The van der Waals surface area contributed by atoms with Crippen LogP contribution >= 0.6 is 0 Å². The molecule has 3 heteroatoms. The van der Waals surface area contributed by atoms with Crippen LogP contribution in [0.2, 0.25) is 0 Å². The fraction of sp³-hybridized carbons (Fsp3) is 0.643. The van der Waals surface area contributed by atoms with E-state index in [1.807, 2.05) is 0 Å². The normalized spacial score (nSPS) is 18.9. The summed E-state index contributed by atoms with van der Waals surface area (Å²) in [5.41, 5.74) is 2.90. The molecule has 3 nitrogen and oxygen atoms in total. The van der Waals surface area contributed by atoms with Gasteiger partial charge in [-0.25, -0.2) is 0 Å². The molecule has 0 radical (unpaired) electrons. The molecule has 0 saturated carbocycles. The number of aliphatic carboxylic acids is 1. The van der Waals surface area contributed by atoms with Crippen molar-refractivity contribution in [2.45, 2.75) is 53.5 Å². The molecule has 1 heterocycles. The van der Waals surface area contributed by atoms with E-state index in [0.717, 1.165) is 6.92 Å². The number of hydrogen-bond donors (Lipinski definition) is 1. The molecule has 0 fully saturated rings. The van der Waals surface area contributed by atoms with Gasteiger partial charge in [-0.2, -0.15) is 0 Å². The van der Waals surface area contributed by atoms with Gasteiger partial charge >= 0.3 is 0 Å². The first-order valence-electron chi connectivity index (χ1n) is 6.24. The molecule has 0 aromatic heterocycles. The molecule has 0 spiro atoms. The summed E-state index contributed by atoms with van der Waals surface area (Å²) >= 11 is 0. The SMILES string of the molecule is CC(=O)O.CCCN1C=C(C)C=C(C)C1CC. The molecule has 1 unspecified atom stereocenters. The molecule has 1 N–H and O–H groups in total. The quantitative estimate of drug-likeness (QED) is 0.820. The van der Waals surface area contributed by atoms with Gasteiger partial charge in [0.15, 0.2) is 0 Å². The van der Waals surface area contributed by atoms with Gasteiger partial charge in [0, 0.05) is 25.7 Å². The van der Waals surface area contributed by atoms with E-state index in [4.69, 9.17) is 9.90 Å². The Balaban J connectivity index is 0.000000557. The molecule has 1 aliphatic heterocycles. The van der Waals surface area contributed by atoms with E-state index in [-0.39, 0.29) is 0 Å². The first-order chi connectivity index (χ1) is 7.92. The van der Waals surface area contributed by atoms with Gasteiger partial charge in [-0.3, -0.25) is 4.79 Å². The van der Waals surface area contributed by atoms with Crippen LogP contribution in [0.3, 0.4) is 0 Å². The molecule has 0 aromatic rings. The Hall–Kier alpha value is -1.25. The third kappa shape index (κ3) is 6.15. The number of carboxylic acid groups (broad SMARTS) is 1. The van der Waals surface area contributed by atoms with Crippen LogP contribution in [0.4, 0.5) is 0 Å². The van der Waals surface area contributed by atoms with Crippen molar-refractivity contribution in [2.24, 2.45) is 0 Å². The van der Waals surface area contributed by atoms with Gasteiger partial charge < -0.3 is 10.0 Å². The lowest BCUT2D eigenvalue weighted by Gasteiger charge is -2.34. The predicted molar refractivity (Wildman–Crippen MR) is 71.9 cm³/mol. The first-order valence-corrected chi connectivity index (χ1v) is 6.24. The van der Waals surface area contributed by atoms with Gasteiger partial charge in [-0.15, -0.1) is 0 Å². The zero-order chi connectivity index (χ0) is 13.4. The summed E-state index contributed by atoms with van der Waals surface area (Å²) < 4.78 is 0. The van der Waals surface area contributed by atoms with Crippen molar-refractivity contribution >= 4 is 5.97 Å². The Kier molecular flexibility index (Phi) is 7.35. The van der Waals surface area contributed by atoms with Crippen LogP contribution in [0, 0.1) is 0 Å². The van der Waals surface area contributed by atoms with E-state index in [1.165, 1.54) is 30.5 Å². The first kappa shape index (κ1) is 15.8. The molecule has 17 heavy (non-hydrogen) atoms. The van der Waals surface area contributed by atoms with Crippen LogP contribution in [-0.2, 0) is 4.79 Å². The standard InChI is InChI=1S/C12H21N.C2H4O2/c1-5-7-13-9-10(3)8-11(4)12(13)6-2;1-2(3)4/h8-9,12H,5-7H2,1-4H3;1H3,(H,3,4). The van der Waals surface area contributed by atoms with Gasteiger partial charge in [0.25, 0.3) is 5.97 Å². The van der Waals surface area contributed by atoms with Crippen LogP contribution < -0.4 is 0 Å². The summed E-state index contributed by atoms with van der Waals surface area (Å²) in [6, 6.07) is 0.642. The van der Waals surface area contributed by atoms with Crippen molar-refractivity contribution in [3.05, 3.63) is 23.4 Å². The van der Waals surface area contributed by atoms with Gasteiger partial charge in [-0.05, 0) is 32.3 Å². The molecule has 1 rings (SSSR count). The largest absolute Gasteiger partial charge is 0.481 e. The second-order valence-corrected chi connectivity index (χ2v) is 4.44. The highest BCUT2D eigenvalue weighted by Gasteiger charge is 2.17. The Morgan fingerprint density at radius 1 is 1.41 bits per heavy atom. The Morgan fingerprint density at radius 3 is 2.35 bits per heavy atom. The zero-order valence-corrected chi connectivity index (χ0v) is 11.7. The second kappa shape index (κ2) is 7.93. The summed E-state index contributed by atoms with van der Waals surface area (Å²) in [7, 11) is 0. The number of allylic oxidation sites excluding steroid dienone is 2. The van der Waals surface area contributed by atoms with Crippen LogP contribution in [-0.4, -0.2) is 28.6 Å². The minimum absolute atomic E-state index is 0.642. The lowest BCUT2D eigenvalue weighted by molar-refractivity contribution is -0.134. The Bertz CT molecular complexity index is 301. The van der Waals surface area contributed by atoms with Crippen molar-refractivity contribution in [1.82, 2.24) is 4.90 Å². The van der Waals surface area contributed by atoms with E-state index in [9.17, 15) is 0 Å². The van der Waals surface area contributed by atoms with Gasteiger partial charge in [0.05, 0.1) is 0 Å². The van der Waals surface area contributed by atoms with Crippen molar-refractivity contribution < 1.29 is 9.90 Å². The summed E-state index contributed by atoms with van der Waals surface area (Å²) in [6.07, 6.45) is 7.05.